The van der Waals surface area contributed by atoms with E-state index in [-0.39, 0.29) is 30.7 Å². The lowest BCUT2D eigenvalue weighted by Crippen LogP contribution is -2.13. The predicted molar refractivity (Wildman–Crippen MR) is 99.4 cm³/mol. The van der Waals surface area contributed by atoms with Crippen molar-refractivity contribution in [3.05, 3.63) is 76.9 Å². The van der Waals surface area contributed by atoms with Crippen molar-refractivity contribution < 1.29 is 31.8 Å². The first kappa shape index (κ1) is 21.8. The quantitative estimate of drug-likeness (QED) is 0.542. The number of hydrogen-bond donors (Lipinski definition) is 1. The first-order valence-corrected chi connectivity index (χ1v) is 9.13. The number of nitrogens with zero attached hydrogens (tertiary/aromatic N) is 2. The van der Waals surface area contributed by atoms with Gasteiger partial charge in [-0.2, -0.15) is 17.6 Å². The second-order valence-corrected chi connectivity index (χ2v) is 6.67. The Bertz CT molecular complexity index is 1010. The van der Waals surface area contributed by atoms with Crippen LogP contribution in [0.5, 0.6) is 5.75 Å². The van der Waals surface area contributed by atoms with Gasteiger partial charge in [0.25, 0.3) is 0 Å². The maximum atomic E-state index is 14.3. The van der Waals surface area contributed by atoms with Gasteiger partial charge in [0.1, 0.15) is 6.61 Å². The van der Waals surface area contributed by atoms with Crippen LogP contribution >= 0.6 is 0 Å². The molecule has 0 aliphatic carbocycles. The zero-order valence-electron chi connectivity index (χ0n) is 16.0. The molecule has 9 heteroatoms. The summed E-state index contributed by atoms with van der Waals surface area (Å²) >= 11 is 0. The third-order valence-electron chi connectivity index (χ3n) is 4.57. The largest absolute Gasteiger partial charge is 0.484 e. The van der Waals surface area contributed by atoms with E-state index in [2.05, 4.69) is 4.98 Å². The number of aliphatic hydroxyl groups is 1. The fraction of sp³-hybridized carbons (Fsp3) is 0.286. The van der Waals surface area contributed by atoms with E-state index in [0.717, 1.165) is 6.07 Å². The summed E-state index contributed by atoms with van der Waals surface area (Å²) in [6.45, 7) is 0.929. The molecule has 2 heterocycles. The molecule has 1 aromatic carbocycles. The topological polar surface area (TPSA) is 47.3 Å². The maximum absolute atomic E-state index is 14.3. The van der Waals surface area contributed by atoms with Crippen LogP contribution in [0.15, 0.2) is 42.7 Å². The number of aryl methyl sites for hydroxylation is 2. The lowest BCUT2D eigenvalue weighted by atomic mass is 10.1. The minimum Gasteiger partial charge on any atom is -0.484 e. The predicted octanol–water partition coefficient (Wildman–Crippen LogP) is 4.98. The molecule has 3 aromatic rings. The van der Waals surface area contributed by atoms with Gasteiger partial charge in [-0.25, -0.2) is 4.39 Å². The summed E-state index contributed by atoms with van der Waals surface area (Å²) in [6, 6.07) is 6.60. The van der Waals surface area contributed by atoms with Crippen molar-refractivity contribution in [2.75, 3.05) is 6.61 Å². The van der Waals surface area contributed by atoms with Gasteiger partial charge in [0.15, 0.2) is 11.6 Å². The molecular weight excluding hydrogens is 407 g/mol. The van der Waals surface area contributed by atoms with Crippen LogP contribution in [0.4, 0.5) is 22.0 Å². The molecular formula is C21H19F5N2O2. The van der Waals surface area contributed by atoms with Crippen LogP contribution in [0.25, 0.3) is 5.69 Å². The number of alkyl halides is 3. The van der Waals surface area contributed by atoms with Crippen molar-refractivity contribution >= 4 is 0 Å². The van der Waals surface area contributed by atoms with Crippen molar-refractivity contribution in [2.24, 2.45) is 0 Å². The molecule has 1 N–H and O–H groups in total. The third kappa shape index (κ3) is 4.62. The van der Waals surface area contributed by atoms with Crippen LogP contribution in [0.1, 0.15) is 28.9 Å². The van der Waals surface area contributed by atoms with E-state index in [1.54, 1.807) is 19.1 Å². The molecule has 0 amide bonds. The summed E-state index contributed by atoms with van der Waals surface area (Å²) in [5.74, 6) is -2.92. The average molecular weight is 426 g/mol. The highest BCUT2D eigenvalue weighted by atomic mass is 19.4. The zero-order chi connectivity index (χ0) is 21.9. The Hall–Kier alpha value is -2.94. The van der Waals surface area contributed by atoms with Gasteiger partial charge in [0.2, 0.25) is 5.82 Å². The molecule has 0 unspecified atom stereocenters. The van der Waals surface area contributed by atoms with E-state index in [1.165, 1.54) is 29.1 Å². The fourth-order valence-electron chi connectivity index (χ4n) is 3.01. The first-order valence-electron chi connectivity index (χ1n) is 9.13. The van der Waals surface area contributed by atoms with E-state index >= 15 is 0 Å². The lowest BCUT2D eigenvalue weighted by molar-refractivity contribution is -0.138. The molecule has 160 valence electrons. The van der Waals surface area contributed by atoms with Crippen molar-refractivity contribution in [3.8, 4) is 11.4 Å². The lowest BCUT2D eigenvalue weighted by Gasteiger charge is -2.15. The van der Waals surface area contributed by atoms with Gasteiger partial charge in [0, 0.05) is 18.5 Å². The number of halogens is 5. The summed E-state index contributed by atoms with van der Waals surface area (Å²) in [6.07, 6.45) is -1.64. The molecule has 0 atom stereocenters. The summed E-state index contributed by atoms with van der Waals surface area (Å²) in [4.78, 5) is 4.08. The number of pyridine rings is 1. The zero-order valence-corrected chi connectivity index (χ0v) is 16.0. The number of aliphatic hydroxyl groups excluding tert-OH is 1. The normalized spacial score (nSPS) is 11.7. The Morgan fingerprint density at radius 1 is 1.07 bits per heavy atom. The highest BCUT2D eigenvalue weighted by Gasteiger charge is 2.36. The van der Waals surface area contributed by atoms with Crippen LogP contribution in [0.3, 0.4) is 0 Å². The van der Waals surface area contributed by atoms with Gasteiger partial charge in [-0.1, -0.05) is 6.07 Å². The minimum absolute atomic E-state index is 0.0546. The summed E-state index contributed by atoms with van der Waals surface area (Å²) in [5, 5.41) is 8.82. The van der Waals surface area contributed by atoms with Crippen LogP contribution in [-0.2, 0) is 19.2 Å². The molecule has 0 bridgehead atoms. The van der Waals surface area contributed by atoms with E-state index in [0.29, 0.717) is 11.4 Å². The number of benzene rings is 1. The van der Waals surface area contributed by atoms with Gasteiger partial charge in [-0.05, 0) is 49.6 Å². The number of aromatic nitrogens is 2. The van der Waals surface area contributed by atoms with Gasteiger partial charge in [0.05, 0.1) is 23.1 Å². The Kier molecular flexibility index (Phi) is 6.40. The molecule has 0 aliphatic rings. The summed E-state index contributed by atoms with van der Waals surface area (Å²) < 4.78 is 75.3. The molecule has 4 nitrogen and oxygen atoms in total. The summed E-state index contributed by atoms with van der Waals surface area (Å²) in [7, 11) is 0. The second kappa shape index (κ2) is 8.83. The molecule has 3 rings (SSSR count). The molecule has 0 fully saturated rings. The highest BCUT2D eigenvalue weighted by molar-refractivity contribution is 5.38. The van der Waals surface area contributed by atoms with E-state index in [4.69, 9.17) is 9.84 Å². The standard InChI is InChI=1S/C21H19F5N2O2/c1-13-4-6-15(11-27-13)28-9-8-16(21(24,25)26)17(28)12-30-18-7-5-14(3-2-10-29)19(22)20(18)23/h4-9,11,29H,2-3,10,12H2,1H3. The molecule has 0 spiro atoms. The molecule has 0 saturated heterocycles. The Balaban J connectivity index is 1.92. The summed E-state index contributed by atoms with van der Waals surface area (Å²) in [5.41, 5.74) is -0.0842. The number of rotatable bonds is 7. The SMILES string of the molecule is Cc1ccc(-n2ccc(C(F)(F)F)c2COc2ccc(CCCO)c(F)c2F)cn1. The van der Waals surface area contributed by atoms with Gasteiger partial charge in [-0.15, -0.1) is 0 Å². The van der Waals surface area contributed by atoms with E-state index in [1.807, 2.05) is 0 Å². The minimum atomic E-state index is -4.65. The number of ether oxygens (including phenoxy) is 1. The highest BCUT2D eigenvalue weighted by Crippen LogP contribution is 2.35. The van der Waals surface area contributed by atoms with E-state index < -0.39 is 35.7 Å². The molecule has 0 aliphatic heterocycles. The Morgan fingerprint density at radius 2 is 1.83 bits per heavy atom. The van der Waals surface area contributed by atoms with Crippen LogP contribution < -0.4 is 4.74 Å². The second-order valence-electron chi connectivity index (χ2n) is 6.67. The van der Waals surface area contributed by atoms with Gasteiger partial charge in [-0.3, -0.25) is 4.98 Å². The molecule has 0 radical (unpaired) electrons. The van der Waals surface area contributed by atoms with Crippen molar-refractivity contribution in [3.63, 3.8) is 0 Å². The Morgan fingerprint density at radius 3 is 2.47 bits per heavy atom. The monoisotopic (exact) mass is 426 g/mol. The number of hydrogen-bond acceptors (Lipinski definition) is 3. The molecule has 30 heavy (non-hydrogen) atoms. The van der Waals surface area contributed by atoms with Crippen molar-refractivity contribution in [1.82, 2.24) is 9.55 Å². The average Bonchev–Trinajstić information content (AvgIpc) is 3.13. The van der Waals surface area contributed by atoms with Crippen LogP contribution in [-0.4, -0.2) is 21.3 Å². The van der Waals surface area contributed by atoms with Crippen molar-refractivity contribution in [2.45, 2.75) is 32.5 Å². The smallest absolute Gasteiger partial charge is 0.418 e. The third-order valence-corrected chi connectivity index (χ3v) is 4.57. The van der Waals surface area contributed by atoms with Crippen LogP contribution in [0.2, 0.25) is 0 Å². The van der Waals surface area contributed by atoms with Gasteiger partial charge >= 0.3 is 6.18 Å². The van der Waals surface area contributed by atoms with E-state index in [9.17, 15) is 22.0 Å². The van der Waals surface area contributed by atoms with Gasteiger partial charge < -0.3 is 14.4 Å². The van der Waals surface area contributed by atoms with Crippen molar-refractivity contribution in [1.29, 1.82) is 0 Å². The Labute approximate surface area is 169 Å². The fourth-order valence-corrected chi connectivity index (χ4v) is 3.01. The molecule has 0 saturated carbocycles. The first-order chi connectivity index (χ1) is 14.2. The van der Waals surface area contributed by atoms with Crippen LogP contribution in [0, 0.1) is 18.6 Å². The maximum Gasteiger partial charge on any atom is 0.418 e. The molecule has 2 aromatic heterocycles.